The highest BCUT2D eigenvalue weighted by Crippen LogP contribution is 2.34. The predicted octanol–water partition coefficient (Wildman–Crippen LogP) is 4.04. The molecule has 0 radical (unpaired) electrons. The normalized spacial score (nSPS) is 11.4. The number of hydrogen-bond acceptors (Lipinski definition) is 5. The molecule has 4 aromatic rings. The van der Waals surface area contributed by atoms with Crippen LogP contribution in [-0.2, 0) is 16.4 Å². The van der Waals surface area contributed by atoms with Gasteiger partial charge in [0.2, 0.25) is 0 Å². The summed E-state index contributed by atoms with van der Waals surface area (Å²) in [6.45, 7) is 0.327. The predicted molar refractivity (Wildman–Crippen MR) is 117 cm³/mol. The van der Waals surface area contributed by atoms with E-state index in [-0.39, 0.29) is 10.6 Å². The van der Waals surface area contributed by atoms with E-state index in [1.807, 2.05) is 30.3 Å². The SMILES string of the molecule is CS(=O)(=O)c1ccc(Oc2cc(OCc3ccccc3)c3[nH]c(C(N)=O)cc3c2)cc1. The first-order valence-corrected chi connectivity index (χ1v) is 11.3. The van der Waals surface area contributed by atoms with E-state index in [0.717, 1.165) is 11.8 Å². The van der Waals surface area contributed by atoms with E-state index in [2.05, 4.69) is 4.98 Å². The molecular formula is C23H20N2O5S. The molecule has 0 saturated carbocycles. The van der Waals surface area contributed by atoms with Gasteiger partial charge < -0.3 is 20.2 Å². The molecule has 1 heterocycles. The third-order valence-electron chi connectivity index (χ3n) is 4.66. The molecule has 8 heteroatoms. The van der Waals surface area contributed by atoms with E-state index in [1.165, 1.54) is 12.1 Å². The quantitative estimate of drug-likeness (QED) is 0.454. The maximum Gasteiger partial charge on any atom is 0.265 e. The van der Waals surface area contributed by atoms with Crippen LogP contribution in [0.1, 0.15) is 16.1 Å². The number of H-pyrrole nitrogens is 1. The number of carbonyl (C=O) groups excluding carboxylic acids is 1. The number of nitrogens with one attached hydrogen (secondary N) is 1. The number of rotatable bonds is 7. The summed E-state index contributed by atoms with van der Waals surface area (Å²) in [5, 5.41) is 0.696. The first kappa shape index (κ1) is 20.5. The van der Waals surface area contributed by atoms with Gasteiger partial charge >= 0.3 is 0 Å². The Balaban J connectivity index is 1.67. The zero-order valence-electron chi connectivity index (χ0n) is 16.7. The van der Waals surface area contributed by atoms with Crippen LogP contribution in [0, 0.1) is 0 Å². The van der Waals surface area contributed by atoms with Crippen molar-refractivity contribution in [3.8, 4) is 17.2 Å². The lowest BCUT2D eigenvalue weighted by molar-refractivity contribution is 0.0996. The minimum atomic E-state index is -3.29. The van der Waals surface area contributed by atoms with Crippen molar-refractivity contribution >= 4 is 26.6 Å². The Kier molecular flexibility index (Phi) is 5.39. The monoisotopic (exact) mass is 436 g/mol. The number of aromatic nitrogens is 1. The van der Waals surface area contributed by atoms with Gasteiger partial charge in [0, 0.05) is 17.7 Å². The molecule has 7 nitrogen and oxygen atoms in total. The molecule has 0 atom stereocenters. The van der Waals surface area contributed by atoms with E-state index in [9.17, 15) is 13.2 Å². The molecule has 158 valence electrons. The Hall–Kier alpha value is -3.78. The Morgan fingerprint density at radius 1 is 0.968 bits per heavy atom. The average Bonchev–Trinajstić information content (AvgIpc) is 3.17. The highest BCUT2D eigenvalue weighted by atomic mass is 32.2. The third kappa shape index (κ3) is 4.70. The second-order valence-corrected chi connectivity index (χ2v) is 9.07. The molecule has 0 spiro atoms. The standard InChI is InChI=1S/C23H20N2O5S/c1-31(27,28)19-9-7-17(8-10-19)30-18-11-16-12-20(23(24)26)25-22(16)21(13-18)29-14-15-5-3-2-4-6-15/h2-13,25H,14H2,1H3,(H2,24,26). The molecule has 0 bridgehead atoms. The number of amides is 1. The first-order valence-electron chi connectivity index (χ1n) is 9.41. The van der Waals surface area contributed by atoms with E-state index in [1.54, 1.807) is 30.3 Å². The van der Waals surface area contributed by atoms with Gasteiger partial charge in [-0.3, -0.25) is 4.79 Å². The highest BCUT2D eigenvalue weighted by molar-refractivity contribution is 7.90. The molecule has 1 aromatic heterocycles. The zero-order chi connectivity index (χ0) is 22.0. The summed E-state index contributed by atoms with van der Waals surface area (Å²) in [5.74, 6) is 0.852. The first-order chi connectivity index (χ1) is 14.8. The Bertz CT molecular complexity index is 1340. The van der Waals surface area contributed by atoms with Gasteiger partial charge in [-0.15, -0.1) is 0 Å². The van der Waals surface area contributed by atoms with Gasteiger partial charge in [0.05, 0.1) is 10.4 Å². The molecule has 0 saturated heterocycles. The van der Waals surface area contributed by atoms with E-state index in [0.29, 0.717) is 34.8 Å². The minimum absolute atomic E-state index is 0.207. The second kappa shape index (κ2) is 8.16. The molecule has 0 fully saturated rings. The lowest BCUT2D eigenvalue weighted by Crippen LogP contribution is -2.10. The smallest absolute Gasteiger partial charge is 0.265 e. The summed E-state index contributed by atoms with van der Waals surface area (Å²) < 4.78 is 35.2. The van der Waals surface area contributed by atoms with Crippen LogP contribution in [0.3, 0.4) is 0 Å². The molecule has 1 amide bonds. The number of primary amides is 1. The maximum atomic E-state index is 11.6. The molecule has 31 heavy (non-hydrogen) atoms. The lowest BCUT2D eigenvalue weighted by atomic mass is 10.2. The van der Waals surface area contributed by atoms with Crippen molar-refractivity contribution < 1.29 is 22.7 Å². The highest BCUT2D eigenvalue weighted by Gasteiger charge is 2.14. The van der Waals surface area contributed by atoms with E-state index < -0.39 is 15.7 Å². The summed E-state index contributed by atoms with van der Waals surface area (Å²) in [6.07, 6.45) is 1.15. The fraction of sp³-hybridized carbons (Fsp3) is 0.0870. The largest absolute Gasteiger partial charge is 0.487 e. The van der Waals surface area contributed by atoms with Crippen molar-refractivity contribution in [2.75, 3.05) is 6.26 Å². The Labute approximate surface area is 179 Å². The number of hydrogen-bond donors (Lipinski definition) is 2. The van der Waals surface area contributed by atoms with Crippen LogP contribution in [0.4, 0.5) is 0 Å². The van der Waals surface area contributed by atoms with Crippen molar-refractivity contribution in [1.82, 2.24) is 4.98 Å². The van der Waals surface area contributed by atoms with Gasteiger partial charge in [-0.05, 0) is 42.0 Å². The molecule has 0 unspecified atom stereocenters. The number of sulfone groups is 1. The summed E-state index contributed by atoms with van der Waals surface area (Å²) >= 11 is 0. The molecule has 0 aliphatic heterocycles. The van der Waals surface area contributed by atoms with Crippen LogP contribution in [0.2, 0.25) is 0 Å². The van der Waals surface area contributed by atoms with Crippen LogP contribution in [0.5, 0.6) is 17.2 Å². The van der Waals surface area contributed by atoms with Crippen molar-refractivity contribution in [1.29, 1.82) is 0 Å². The zero-order valence-corrected chi connectivity index (χ0v) is 17.5. The van der Waals surface area contributed by atoms with Gasteiger partial charge in [0.25, 0.3) is 5.91 Å². The number of aromatic amines is 1. The van der Waals surface area contributed by atoms with Gasteiger partial charge in [0.15, 0.2) is 9.84 Å². The third-order valence-corrected chi connectivity index (χ3v) is 5.78. The van der Waals surface area contributed by atoms with Crippen molar-refractivity contribution in [3.63, 3.8) is 0 Å². The Morgan fingerprint density at radius 2 is 1.68 bits per heavy atom. The summed E-state index contributed by atoms with van der Waals surface area (Å²) in [4.78, 5) is 14.8. The fourth-order valence-corrected chi connectivity index (χ4v) is 3.75. The number of nitrogens with two attached hydrogens (primary N) is 1. The molecule has 3 N–H and O–H groups in total. The van der Waals surface area contributed by atoms with Crippen molar-refractivity contribution in [2.24, 2.45) is 5.73 Å². The number of fused-ring (bicyclic) bond motifs is 1. The van der Waals surface area contributed by atoms with Gasteiger partial charge in [-0.25, -0.2) is 8.42 Å². The summed E-state index contributed by atoms with van der Waals surface area (Å²) in [6, 6.07) is 20.9. The molecule has 0 aliphatic carbocycles. The molecule has 4 rings (SSSR count). The maximum absolute atomic E-state index is 11.6. The fourth-order valence-electron chi connectivity index (χ4n) is 3.12. The van der Waals surface area contributed by atoms with Crippen LogP contribution in [0.15, 0.2) is 77.7 Å². The van der Waals surface area contributed by atoms with Crippen LogP contribution in [0.25, 0.3) is 10.9 Å². The van der Waals surface area contributed by atoms with E-state index in [4.69, 9.17) is 15.2 Å². The summed E-state index contributed by atoms with van der Waals surface area (Å²) in [7, 11) is -3.29. The van der Waals surface area contributed by atoms with Crippen LogP contribution in [-0.4, -0.2) is 25.6 Å². The Morgan fingerprint density at radius 3 is 2.32 bits per heavy atom. The van der Waals surface area contributed by atoms with Gasteiger partial charge in [-0.2, -0.15) is 0 Å². The van der Waals surface area contributed by atoms with E-state index >= 15 is 0 Å². The summed E-state index contributed by atoms with van der Waals surface area (Å²) in [5.41, 5.74) is 7.29. The molecule has 3 aromatic carbocycles. The number of benzene rings is 3. The topological polar surface area (TPSA) is 111 Å². The number of ether oxygens (including phenoxy) is 2. The minimum Gasteiger partial charge on any atom is -0.487 e. The molecule has 0 aliphatic rings. The van der Waals surface area contributed by atoms with Gasteiger partial charge in [-0.1, -0.05) is 30.3 Å². The van der Waals surface area contributed by atoms with Crippen LogP contribution >= 0.6 is 0 Å². The lowest BCUT2D eigenvalue weighted by Gasteiger charge is -2.11. The van der Waals surface area contributed by atoms with Crippen molar-refractivity contribution in [3.05, 3.63) is 84.1 Å². The van der Waals surface area contributed by atoms with Gasteiger partial charge in [0.1, 0.15) is 29.5 Å². The second-order valence-electron chi connectivity index (χ2n) is 7.05. The number of carbonyl (C=O) groups is 1. The average molecular weight is 436 g/mol. The van der Waals surface area contributed by atoms with Crippen LogP contribution < -0.4 is 15.2 Å². The van der Waals surface area contributed by atoms with Crippen molar-refractivity contribution in [2.45, 2.75) is 11.5 Å². The molecular weight excluding hydrogens is 416 g/mol.